The normalized spacial score (nSPS) is 39.6. The molecule has 1 rings (SSSR count). The Bertz CT molecular complexity index is 120. The molecule has 1 saturated heterocycles. The van der Waals surface area contributed by atoms with E-state index in [4.69, 9.17) is 4.74 Å². The minimum absolute atomic E-state index is 0.288. The number of rotatable bonds is 0. The summed E-state index contributed by atoms with van der Waals surface area (Å²) in [6, 6.07) is 0. The average molecular weight is 144 g/mol. The molecule has 1 fully saturated rings. The molecule has 0 spiro atoms. The van der Waals surface area contributed by atoms with Gasteiger partial charge in [-0.2, -0.15) is 0 Å². The summed E-state index contributed by atoms with van der Waals surface area (Å²) in [6.07, 6.45) is 1.86. The van der Waals surface area contributed by atoms with Crippen molar-refractivity contribution in [2.75, 3.05) is 0 Å². The van der Waals surface area contributed by atoms with Crippen LogP contribution < -0.4 is 0 Å². The van der Waals surface area contributed by atoms with E-state index >= 15 is 0 Å². The Morgan fingerprint density at radius 1 is 1.40 bits per heavy atom. The van der Waals surface area contributed by atoms with E-state index in [1.165, 1.54) is 0 Å². The molecular formula is C8H16O2. The van der Waals surface area contributed by atoms with Crippen molar-refractivity contribution in [1.29, 1.82) is 0 Å². The summed E-state index contributed by atoms with van der Waals surface area (Å²) < 4.78 is 5.54. The molecule has 0 bridgehead atoms. The topological polar surface area (TPSA) is 29.5 Å². The fourth-order valence-corrected chi connectivity index (χ4v) is 1.40. The predicted molar refractivity (Wildman–Crippen MR) is 39.9 cm³/mol. The van der Waals surface area contributed by atoms with Gasteiger partial charge >= 0.3 is 0 Å². The van der Waals surface area contributed by atoms with Gasteiger partial charge in [-0.15, -0.1) is 0 Å². The van der Waals surface area contributed by atoms with Crippen molar-refractivity contribution in [2.45, 2.75) is 51.4 Å². The average Bonchev–Trinajstić information content (AvgIpc) is 1.78. The van der Waals surface area contributed by atoms with Crippen LogP contribution in [0.25, 0.3) is 0 Å². The Morgan fingerprint density at radius 2 is 2.00 bits per heavy atom. The van der Waals surface area contributed by atoms with Crippen molar-refractivity contribution in [3.63, 3.8) is 0 Å². The maximum absolute atomic E-state index is 9.43. The lowest BCUT2D eigenvalue weighted by Gasteiger charge is -2.38. The first-order chi connectivity index (χ1) is 4.52. The molecule has 0 amide bonds. The molecule has 1 aliphatic heterocycles. The number of aliphatic hydroxyl groups is 1. The lowest BCUT2D eigenvalue weighted by molar-refractivity contribution is -0.164. The summed E-state index contributed by atoms with van der Waals surface area (Å²) in [7, 11) is 0. The quantitative estimate of drug-likeness (QED) is 0.555. The van der Waals surface area contributed by atoms with E-state index in [-0.39, 0.29) is 11.7 Å². The maximum Gasteiger partial charge on any atom is 0.0887 e. The second-order valence-corrected chi connectivity index (χ2v) is 3.63. The summed E-state index contributed by atoms with van der Waals surface area (Å²) in [6.45, 7) is 5.92. The molecule has 0 aromatic heterocycles. The van der Waals surface area contributed by atoms with Gasteiger partial charge in [0.2, 0.25) is 0 Å². The highest BCUT2D eigenvalue weighted by Crippen LogP contribution is 2.27. The first kappa shape index (κ1) is 8.02. The molecule has 2 nitrogen and oxygen atoms in total. The Kier molecular flexibility index (Phi) is 2.02. The molecule has 0 aromatic carbocycles. The lowest BCUT2D eigenvalue weighted by Crippen LogP contribution is -2.45. The molecule has 0 radical (unpaired) electrons. The SMILES string of the molecule is C[C@@H]1CC[C@@H](O)C(C)(C)O1. The highest BCUT2D eigenvalue weighted by molar-refractivity contribution is 4.84. The molecule has 2 heteroatoms. The van der Waals surface area contributed by atoms with Crippen molar-refractivity contribution >= 4 is 0 Å². The molecule has 0 saturated carbocycles. The van der Waals surface area contributed by atoms with E-state index in [1.807, 2.05) is 20.8 Å². The number of hydrogen-bond donors (Lipinski definition) is 1. The van der Waals surface area contributed by atoms with Crippen LogP contribution in [0.3, 0.4) is 0 Å². The van der Waals surface area contributed by atoms with Gasteiger partial charge in [0.05, 0.1) is 17.8 Å². The zero-order chi connectivity index (χ0) is 7.78. The molecule has 0 unspecified atom stereocenters. The molecule has 1 N–H and O–H groups in total. The van der Waals surface area contributed by atoms with Crippen LogP contribution in [-0.2, 0) is 4.74 Å². The van der Waals surface area contributed by atoms with Crippen molar-refractivity contribution in [3.05, 3.63) is 0 Å². The second-order valence-electron chi connectivity index (χ2n) is 3.63. The number of aliphatic hydroxyl groups excluding tert-OH is 1. The highest BCUT2D eigenvalue weighted by Gasteiger charge is 2.34. The van der Waals surface area contributed by atoms with Gasteiger partial charge in [-0.3, -0.25) is 0 Å². The minimum atomic E-state index is -0.336. The van der Waals surface area contributed by atoms with Gasteiger partial charge in [0.25, 0.3) is 0 Å². The fourth-order valence-electron chi connectivity index (χ4n) is 1.40. The lowest BCUT2D eigenvalue weighted by atomic mass is 9.92. The van der Waals surface area contributed by atoms with Gasteiger partial charge in [-0.05, 0) is 33.6 Å². The first-order valence-electron chi connectivity index (χ1n) is 3.88. The third-order valence-electron chi connectivity index (χ3n) is 2.15. The molecule has 1 heterocycles. The predicted octanol–water partition coefficient (Wildman–Crippen LogP) is 1.32. The van der Waals surface area contributed by atoms with Crippen LogP contribution >= 0.6 is 0 Å². The summed E-state index contributed by atoms with van der Waals surface area (Å²) >= 11 is 0. The van der Waals surface area contributed by atoms with E-state index in [2.05, 4.69) is 0 Å². The van der Waals surface area contributed by atoms with Gasteiger partial charge < -0.3 is 9.84 Å². The van der Waals surface area contributed by atoms with Crippen molar-refractivity contribution < 1.29 is 9.84 Å². The van der Waals surface area contributed by atoms with E-state index in [0.717, 1.165) is 12.8 Å². The minimum Gasteiger partial charge on any atom is -0.390 e. The zero-order valence-corrected chi connectivity index (χ0v) is 6.92. The summed E-state index contributed by atoms with van der Waals surface area (Å²) in [5, 5.41) is 9.43. The Labute approximate surface area is 62.2 Å². The van der Waals surface area contributed by atoms with E-state index < -0.39 is 0 Å². The van der Waals surface area contributed by atoms with Crippen molar-refractivity contribution in [2.24, 2.45) is 0 Å². The number of ether oxygens (including phenoxy) is 1. The van der Waals surface area contributed by atoms with Crippen LogP contribution in [-0.4, -0.2) is 22.9 Å². The molecular weight excluding hydrogens is 128 g/mol. The smallest absolute Gasteiger partial charge is 0.0887 e. The van der Waals surface area contributed by atoms with Gasteiger partial charge in [0.15, 0.2) is 0 Å². The van der Waals surface area contributed by atoms with Crippen LogP contribution in [0, 0.1) is 0 Å². The molecule has 60 valence electrons. The van der Waals surface area contributed by atoms with Crippen LogP contribution in [0.15, 0.2) is 0 Å². The molecule has 1 aliphatic rings. The van der Waals surface area contributed by atoms with Gasteiger partial charge in [-0.1, -0.05) is 0 Å². The summed E-state index contributed by atoms with van der Waals surface area (Å²) in [4.78, 5) is 0. The fraction of sp³-hybridized carbons (Fsp3) is 1.00. The third-order valence-corrected chi connectivity index (χ3v) is 2.15. The van der Waals surface area contributed by atoms with Gasteiger partial charge in [0.1, 0.15) is 0 Å². The molecule has 0 aliphatic carbocycles. The zero-order valence-electron chi connectivity index (χ0n) is 6.92. The van der Waals surface area contributed by atoms with Crippen LogP contribution in [0.1, 0.15) is 33.6 Å². The summed E-state index contributed by atoms with van der Waals surface area (Å²) in [5.41, 5.74) is -0.336. The third kappa shape index (κ3) is 1.50. The van der Waals surface area contributed by atoms with E-state index in [9.17, 15) is 5.11 Å². The van der Waals surface area contributed by atoms with Crippen LogP contribution in [0.5, 0.6) is 0 Å². The Morgan fingerprint density at radius 3 is 2.40 bits per heavy atom. The highest BCUT2D eigenvalue weighted by atomic mass is 16.5. The number of hydrogen-bond acceptors (Lipinski definition) is 2. The largest absolute Gasteiger partial charge is 0.390 e. The molecule has 2 atom stereocenters. The van der Waals surface area contributed by atoms with E-state index in [1.54, 1.807) is 0 Å². The molecule has 0 aromatic rings. The Balaban J connectivity index is 2.55. The second kappa shape index (κ2) is 2.51. The first-order valence-corrected chi connectivity index (χ1v) is 3.88. The Hall–Kier alpha value is -0.0800. The van der Waals surface area contributed by atoms with Gasteiger partial charge in [-0.25, -0.2) is 0 Å². The standard InChI is InChI=1S/C8H16O2/c1-6-4-5-7(9)8(2,3)10-6/h6-7,9H,4-5H2,1-3H3/t6-,7-/m1/s1. The van der Waals surface area contributed by atoms with Crippen LogP contribution in [0.2, 0.25) is 0 Å². The monoisotopic (exact) mass is 144 g/mol. The van der Waals surface area contributed by atoms with Gasteiger partial charge in [0, 0.05) is 0 Å². The van der Waals surface area contributed by atoms with Crippen LogP contribution in [0.4, 0.5) is 0 Å². The van der Waals surface area contributed by atoms with Crippen molar-refractivity contribution in [1.82, 2.24) is 0 Å². The summed E-state index contributed by atoms with van der Waals surface area (Å²) in [5.74, 6) is 0. The van der Waals surface area contributed by atoms with E-state index in [0.29, 0.717) is 6.10 Å². The molecule has 10 heavy (non-hydrogen) atoms. The maximum atomic E-state index is 9.43. The van der Waals surface area contributed by atoms with Crippen molar-refractivity contribution in [3.8, 4) is 0 Å².